The van der Waals surface area contributed by atoms with Crippen molar-refractivity contribution in [2.75, 3.05) is 12.5 Å². The number of nitrogens with zero attached hydrogens (tertiary/aromatic N) is 2. The van der Waals surface area contributed by atoms with Crippen LogP contribution in [0, 0.1) is 5.92 Å². The molecule has 26 heavy (non-hydrogen) atoms. The molecule has 2 atom stereocenters. The second-order valence-corrected chi connectivity index (χ2v) is 7.45. The number of benzene rings is 1. The van der Waals surface area contributed by atoms with Gasteiger partial charge >= 0.3 is 0 Å². The van der Waals surface area contributed by atoms with E-state index in [0.29, 0.717) is 23.1 Å². The molecule has 1 aromatic heterocycles. The van der Waals surface area contributed by atoms with Crippen LogP contribution in [0.5, 0.6) is 0 Å². The minimum atomic E-state index is -0.190. The van der Waals surface area contributed by atoms with Crippen molar-refractivity contribution < 1.29 is 9.53 Å². The van der Waals surface area contributed by atoms with Crippen LogP contribution in [0.3, 0.4) is 0 Å². The highest BCUT2D eigenvalue weighted by Crippen LogP contribution is 2.35. The van der Waals surface area contributed by atoms with Crippen molar-refractivity contribution in [3.05, 3.63) is 40.4 Å². The van der Waals surface area contributed by atoms with Crippen LogP contribution in [0.4, 0.5) is 0 Å². The van der Waals surface area contributed by atoms with Crippen LogP contribution in [0.25, 0.3) is 10.9 Å². The SMILES string of the molecule is CO[C@@H]1CCC[C@@H](C(=O)Nn2c(C3CCC3)nc3ccccc3c2=O)C1. The largest absolute Gasteiger partial charge is 0.381 e. The van der Waals surface area contributed by atoms with Crippen molar-refractivity contribution in [2.45, 2.75) is 57.0 Å². The maximum atomic E-state index is 13.0. The number of nitrogens with one attached hydrogen (secondary N) is 1. The van der Waals surface area contributed by atoms with Crippen molar-refractivity contribution in [3.63, 3.8) is 0 Å². The molecule has 2 saturated carbocycles. The molecule has 138 valence electrons. The fourth-order valence-corrected chi connectivity index (χ4v) is 4.00. The van der Waals surface area contributed by atoms with E-state index in [2.05, 4.69) is 5.43 Å². The van der Waals surface area contributed by atoms with Crippen molar-refractivity contribution in [2.24, 2.45) is 5.92 Å². The summed E-state index contributed by atoms with van der Waals surface area (Å²) < 4.78 is 6.84. The molecular weight excluding hydrogens is 330 g/mol. The van der Waals surface area contributed by atoms with Gasteiger partial charge in [-0.3, -0.25) is 15.0 Å². The number of para-hydroxylation sites is 1. The fraction of sp³-hybridized carbons (Fsp3) is 0.550. The predicted molar refractivity (Wildman–Crippen MR) is 99.7 cm³/mol. The highest BCUT2D eigenvalue weighted by molar-refractivity contribution is 5.87. The van der Waals surface area contributed by atoms with E-state index in [4.69, 9.17) is 9.72 Å². The Bertz CT molecular complexity index is 872. The first kappa shape index (κ1) is 17.2. The Morgan fingerprint density at radius 3 is 2.69 bits per heavy atom. The minimum Gasteiger partial charge on any atom is -0.381 e. The van der Waals surface area contributed by atoms with E-state index in [9.17, 15) is 9.59 Å². The van der Waals surface area contributed by atoms with E-state index >= 15 is 0 Å². The quantitative estimate of drug-likeness (QED) is 0.915. The van der Waals surface area contributed by atoms with Gasteiger partial charge in [-0.2, -0.15) is 0 Å². The fourth-order valence-electron chi connectivity index (χ4n) is 4.00. The van der Waals surface area contributed by atoms with E-state index in [1.165, 1.54) is 4.68 Å². The lowest BCUT2D eigenvalue weighted by atomic mass is 9.84. The van der Waals surface area contributed by atoms with Gasteiger partial charge in [0.15, 0.2) is 0 Å². The van der Waals surface area contributed by atoms with Crippen LogP contribution < -0.4 is 11.0 Å². The number of amides is 1. The van der Waals surface area contributed by atoms with Gasteiger partial charge in [0.05, 0.1) is 17.0 Å². The zero-order valence-electron chi connectivity index (χ0n) is 15.1. The lowest BCUT2D eigenvalue weighted by Gasteiger charge is -2.30. The maximum absolute atomic E-state index is 13.0. The Kier molecular flexibility index (Phi) is 4.76. The molecule has 0 spiro atoms. The number of rotatable bonds is 4. The number of hydrogen-bond donors (Lipinski definition) is 1. The lowest BCUT2D eigenvalue weighted by Crippen LogP contribution is -2.42. The molecule has 1 N–H and O–H groups in total. The zero-order chi connectivity index (χ0) is 18.1. The summed E-state index contributed by atoms with van der Waals surface area (Å²) >= 11 is 0. The normalized spacial score (nSPS) is 23.6. The standard InChI is InChI=1S/C20H25N3O3/c1-26-15-9-5-8-14(12-15)19(24)22-23-18(13-6-4-7-13)21-17-11-3-2-10-16(17)20(23)25/h2-3,10-11,13-15H,4-9,12H2,1H3,(H,22,24)/t14-,15-/m1/s1. The summed E-state index contributed by atoms with van der Waals surface area (Å²) in [5.74, 6) is 0.700. The second kappa shape index (κ2) is 7.19. The Balaban J connectivity index is 1.67. The molecule has 4 rings (SSSR count). The molecule has 6 nitrogen and oxygen atoms in total. The Morgan fingerprint density at radius 1 is 1.19 bits per heavy atom. The maximum Gasteiger partial charge on any atom is 0.280 e. The van der Waals surface area contributed by atoms with Gasteiger partial charge in [-0.15, -0.1) is 0 Å². The molecule has 0 unspecified atom stereocenters. The molecule has 2 fully saturated rings. The van der Waals surface area contributed by atoms with Gasteiger partial charge in [0.25, 0.3) is 5.56 Å². The average molecular weight is 355 g/mol. The molecule has 2 aliphatic carbocycles. The van der Waals surface area contributed by atoms with Gasteiger partial charge in [0.2, 0.25) is 5.91 Å². The van der Waals surface area contributed by atoms with Crippen LogP contribution in [0.2, 0.25) is 0 Å². The number of carbonyl (C=O) groups excluding carboxylic acids is 1. The highest BCUT2D eigenvalue weighted by atomic mass is 16.5. The number of ether oxygens (including phenoxy) is 1. The Labute approximate surface area is 152 Å². The van der Waals surface area contributed by atoms with Gasteiger partial charge in [-0.05, 0) is 44.2 Å². The summed E-state index contributed by atoms with van der Waals surface area (Å²) in [7, 11) is 1.69. The van der Waals surface area contributed by atoms with Crippen LogP contribution >= 0.6 is 0 Å². The van der Waals surface area contributed by atoms with Gasteiger partial charge in [-0.25, -0.2) is 9.66 Å². The molecule has 1 heterocycles. The average Bonchev–Trinajstić information content (AvgIpc) is 2.63. The van der Waals surface area contributed by atoms with Gasteiger partial charge in [0, 0.05) is 18.9 Å². The zero-order valence-corrected chi connectivity index (χ0v) is 15.1. The third-order valence-electron chi connectivity index (χ3n) is 5.82. The Morgan fingerprint density at radius 2 is 1.96 bits per heavy atom. The summed E-state index contributed by atoms with van der Waals surface area (Å²) in [5, 5.41) is 0.536. The molecule has 6 heteroatoms. The Hall–Kier alpha value is -2.21. The van der Waals surface area contributed by atoms with E-state index in [0.717, 1.165) is 38.5 Å². The van der Waals surface area contributed by atoms with Crippen molar-refractivity contribution in [3.8, 4) is 0 Å². The number of fused-ring (bicyclic) bond motifs is 1. The van der Waals surface area contributed by atoms with E-state index in [-0.39, 0.29) is 29.4 Å². The van der Waals surface area contributed by atoms with Crippen LogP contribution in [0.15, 0.2) is 29.1 Å². The van der Waals surface area contributed by atoms with Gasteiger partial charge in [-0.1, -0.05) is 25.0 Å². The summed E-state index contributed by atoms with van der Waals surface area (Å²) in [5.41, 5.74) is 3.39. The van der Waals surface area contributed by atoms with E-state index < -0.39 is 0 Å². The van der Waals surface area contributed by atoms with Crippen molar-refractivity contribution >= 4 is 16.8 Å². The molecule has 0 aliphatic heterocycles. The highest BCUT2D eigenvalue weighted by Gasteiger charge is 2.30. The minimum absolute atomic E-state index is 0.105. The number of carbonyl (C=O) groups is 1. The third-order valence-corrected chi connectivity index (χ3v) is 5.82. The number of methoxy groups -OCH3 is 1. The summed E-state index contributed by atoms with van der Waals surface area (Å²) in [4.78, 5) is 30.6. The van der Waals surface area contributed by atoms with E-state index in [1.54, 1.807) is 13.2 Å². The molecule has 0 saturated heterocycles. The molecule has 0 bridgehead atoms. The molecule has 0 radical (unpaired) electrons. The lowest BCUT2D eigenvalue weighted by molar-refractivity contribution is -0.123. The van der Waals surface area contributed by atoms with Gasteiger partial charge in [0.1, 0.15) is 5.82 Å². The molecule has 2 aliphatic rings. The van der Waals surface area contributed by atoms with Crippen LogP contribution in [-0.4, -0.2) is 28.8 Å². The molecule has 1 aromatic carbocycles. The predicted octanol–water partition coefficient (Wildman–Crippen LogP) is 2.94. The smallest absolute Gasteiger partial charge is 0.280 e. The summed E-state index contributed by atoms with van der Waals surface area (Å²) in [6.07, 6.45) is 6.78. The van der Waals surface area contributed by atoms with Crippen LogP contribution in [-0.2, 0) is 9.53 Å². The molecule has 1 amide bonds. The first-order valence-corrected chi connectivity index (χ1v) is 9.52. The molecule has 2 aromatic rings. The topological polar surface area (TPSA) is 73.2 Å². The summed E-state index contributed by atoms with van der Waals surface area (Å²) in [6, 6.07) is 7.33. The second-order valence-electron chi connectivity index (χ2n) is 7.45. The number of hydrogen-bond acceptors (Lipinski definition) is 4. The third kappa shape index (κ3) is 3.14. The summed E-state index contributed by atoms with van der Waals surface area (Å²) in [6.45, 7) is 0. The first-order chi connectivity index (χ1) is 12.7. The number of aromatic nitrogens is 2. The van der Waals surface area contributed by atoms with E-state index in [1.807, 2.05) is 18.2 Å². The van der Waals surface area contributed by atoms with Crippen molar-refractivity contribution in [1.29, 1.82) is 0 Å². The van der Waals surface area contributed by atoms with Crippen LogP contribution in [0.1, 0.15) is 56.7 Å². The monoisotopic (exact) mass is 355 g/mol. The first-order valence-electron chi connectivity index (χ1n) is 9.52. The van der Waals surface area contributed by atoms with Gasteiger partial charge < -0.3 is 4.74 Å². The van der Waals surface area contributed by atoms with Crippen molar-refractivity contribution in [1.82, 2.24) is 9.66 Å². The molecular formula is C20H25N3O3.